The van der Waals surface area contributed by atoms with Gasteiger partial charge in [0.05, 0.1) is 6.61 Å². The van der Waals surface area contributed by atoms with Crippen LogP contribution < -0.4 is 10.1 Å². The minimum absolute atomic E-state index is 0.576. The van der Waals surface area contributed by atoms with Gasteiger partial charge in [0.25, 0.3) is 0 Å². The predicted octanol–water partition coefficient (Wildman–Crippen LogP) is 2.19. The Balaban J connectivity index is 1.59. The number of nitrogens with zero attached hydrogens (tertiary/aromatic N) is 1. The maximum absolute atomic E-state index is 5.59. The van der Waals surface area contributed by atoms with E-state index in [1.807, 2.05) is 0 Å². The smallest absolute Gasteiger partial charge is 0.122 e. The molecule has 1 N–H and O–H groups in total. The first-order valence-corrected chi connectivity index (χ1v) is 9.13. The number of ether oxygens (including phenoxy) is 1. The van der Waals surface area contributed by atoms with Crippen LogP contribution in [-0.4, -0.2) is 55.7 Å². The molecule has 4 heteroatoms. The Morgan fingerprint density at radius 1 is 1.48 bits per heavy atom. The van der Waals surface area contributed by atoms with Crippen molar-refractivity contribution >= 4 is 11.8 Å². The van der Waals surface area contributed by atoms with E-state index in [1.165, 1.54) is 35.6 Å². The number of benzene rings is 1. The fourth-order valence-electron chi connectivity index (χ4n) is 3.38. The summed E-state index contributed by atoms with van der Waals surface area (Å²) in [5, 5.41) is 3.55. The number of fused-ring (bicyclic) bond motifs is 1. The molecule has 21 heavy (non-hydrogen) atoms. The van der Waals surface area contributed by atoms with Crippen LogP contribution in [0.5, 0.6) is 5.75 Å². The van der Waals surface area contributed by atoms with Crippen LogP contribution in [0.15, 0.2) is 18.2 Å². The Labute approximate surface area is 132 Å². The second-order valence-electron chi connectivity index (χ2n) is 6.10. The van der Waals surface area contributed by atoms with Gasteiger partial charge in [-0.15, -0.1) is 0 Å². The molecule has 3 nitrogen and oxygen atoms in total. The number of thioether (sulfide) groups is 1. The molecule has 3 rings (SSSR count). The summed E-state index contributed by atoms with van der Waals surface area (Å²) in [7, 11) is 4.37. The van der Waals surface area contributed by atoms with Crippen molar-refractivity contribution in [3.05, 3.63) is 29.3 Å². The number of likely N-dealkylation sites (N-methyl/N-ethyl adjacent to an activating group) is 2. The van der Waals surface area contributed by atoms with Gasteiger partial charge >= 0.3 is 0 Å². The van der Waals surface area contributed by atoms with Crippen molar-refractivity contribution in [3.63, 3.8) is 0 Å². The lowest BCUT2D eigenvalue weighted by molar-refractivity contribution is 0.214. The molecule has 2 unspecified atom stereocenters. The normalized spacial score (nSPS) is 23.6. The van der Waals surface area contributed by atoms with E-state index in [9.17, 15) is 0 Å². The number of aryl methyl sites for hydroxylation is 1. The van der Waals surface area contributed by atoms with Gasteiger partial charge in [0, 0.05) is 36.6 Å². The fourth-order valence-corrected chi connectivity index (χ4v) is 4.69. The molecule has 1 aromatic carbocycles. The molecular formula is C17H26N2OS. The Morgan fingerprint density at radius 2 is 2.38 bits per heavy atom. The molecule has 0 bridgehead atoms. The molecule has 0 spiro atoms. The molecule has 1 aromatic rings. The summed E-state index contributed by atoms with van der Waals surface area (Å²) in [6.07, 6.45) is 3.42. The van der Waals surface area contributed by atoms with Crippen LogP contribution in [0.25, 0.3) is 0 Å². The Kier molecular flexibility index (Phi) is 5.09. The molecule has 0 amide bonds. The first kappa shape index (κ1) is 15.2. The number of nitrogens with one attached hydrogen (secondary N) is 1. The average Bonchev–Trinajstić information content (AvgIpc) is 2.97. The van der Waals surface area contributed by atoms with Gasteiger partial charge in [-0.1, -0.05) is 12.1 Å². The summed E-state index contributed by atoms with van der Waals surface area (Å²) in [6, 6.07) is 7.96. The van der Waals surface area contributed by atoms with Gasteiger partial charge in [-0.2, -0.15) is 11.8 Å². The maximum Gasteiger partial charge on any atom is 0.122 e. The Morgan fingerprint density at radius 3 is 3.19 bits per heavy atom. The van der Waals surface area contributed by atoms with Gasteiger partial charge in [-0.3, -0.25) is 0 Å². The van der Waals surface area contributed by atoms with Crippen molar-refractivity contribution in [2.45, 2.75) is 31.3 Å². The van der Waals surface area contributed by atoms with Crippen LogP contribution in [-0.2, 0) is 12.8 Å². The number of hydrogen-bond donors (Lipinski definition) is 1. The lowest BCUT2D eigenvalue weighted by Crippen LogP contribution is -2.52. The van der Waals surface area contributed by atoms with E-state index in [4.69, 9.17) is 4.74 Å². The van der Waals surface area contributed by atoms with Crippen LogP contribution in [0.1, 0.15) is 17.5 Å². The molecule has 2 aliphatic heterocycles. The minimum atomic E-state index is 0.576. The lowest BCUT2D eigenvalue weighted by atomic mass is 9.98. The molecule has 116 valence electrons. The zero-order valence-electron chi connectivity index (χ0n) is 13.1. The Hall–Kier alpha value is -0.710. The average molecular weight is 306 g/mol. The van der Waals surface area contributed by atoms with E-state index < -0.39 is 0 Å². The summed E-state index contributed by atoms with van der Waals surface area (Å²) in [6.45, 7) is 2.06. The van der Waals surface area contributed by atoms with Crippen molar-refractivity contribution < 1.29 is 4.74 Å². The van der Waals surface area contributed by atoms with E-state index in [2.05, 4.69) is 54.3 Å². The zero-order valence-corrected chi connectivity index (χ0v) is 13.9. The summed E-state index contributed by atoms with van der Waals surface area (Å²) >= 11 is 2.09. The van der Waals surface area contributed by atoms with E-state index in [0.29, 0.717) is 12.1 Å². The summed E-state index contributed by atoms with van der Waals surface area (Å²) in [4.78, 5) is 2.52. The molecule has 2 atom stereocenters. The second-order valence-corrected chi connectivity index (χ2v) is 7.25. The van der Waals surface area contributed by atoms with Crippen LogP contribution in [0, 0.1) is 0 Å². The largest absolute Gasteiger partial charge is 0.493 e. The summed E-state index contributed by atoms with van der Waals surface area (Å²) in [5.74, 6) is 3.61. The summed E-state index contributed by atoms with van der Waals surface area (Å²) in [5.41, 5.74) is 2.84. The first-order chi connectivity index (χ1) is 10.3. The summed E-state index contributed by atoms with van der Waals surface area (Å²) < 4.78 is 5.59. The third-order valence-corrected chi connectivity index (χ3v) is 5.82. The monoisotopic (exact) mass is 306 g/mol. The highest BCUT2D eigenvalue weighted by Gasteiger charge is 2.26. The molecule has 1 fully saturated rings. The third kappa shape index (κ3) is 3.55. The van der Waals surface area contributed by atoms with E-state index in [0.717, 1.165) is 25.2 Å². The van der Waals surface area contributed by atoms with Crippen LogP contribution >= 0.6 is 11.8 Å². The standard InChI is InChI=1S/C17H26N2OS/c1-18-15(16-12-21-10-8-19(16)2)5-3-13-4-6-17-14(11-13)7-9-20-17/h4,6,11,15-16,18H,3,5,7-10,12H2,1-2H3. The molecule has 2 aliphatic rings. The van der Waals surface area contributed by atoms with Gasteiger partial charge < -0.3 is 15.0 Å². The fraction of sp³-hybridized carbons (Fsp3) is 0.647. The van der Waals surface area contributed by atoms with Crippen molar-refractivity contribution in [1.82, 2.24) is 10.2 Å². The highest BCUT2D eigenvalue weighted by molar-refractivity contribution is 7.99. The predicted molar refractivity (Wildman–Crippen MR) is 90.6 cm³/mol. The maximum atomic E-state index is 5.59. The Bertz CT molecular complexity index is 480. The van der Waals surface area contributed by atoms with Crippen molar-refractivity contribution in [2.75, 3.05) is 38.8 Å². The van der Waals surface area contributed by atoms with Crippen molar-refractivity contribution in [3.8, 4) is 5.75 Å². The number of rotatable bonds is 5. The zero-order chi connectivity index (χ0) is 14.7. The van der Waals surface area contributed by atoms with Gasteiger partial charge in [0.1, 0.15) is 5.75 Å². The van der Waals surface area contributed by atoms with Crippen LogP contribution in [0.2, 0.25) is 0 Å². The van der Waals surface area contributed by atoms with Crippen LogP contribution in [0.3, 0.4) is 0 Å². The SMILES string of the molecule is CNC(CCc1ccc2c(c1)CCO2)C1CSCCN1C. The van der Waals surface area contributed by atoms with E-state index in [1.54, 1.807) is 0 Å². The van der Waals surface area contributed by atoms with Gasteiger partial charge in [0.15, 0.2) is 0 Å². The van der Waals surface area contributed by atoms with Gasteiger partial charge in [0.2, 0.25) is 0 Å². The molecule has 0 saturated carbocycles. The van der Waals surface area contributed by atoms with Crippen molar-refractivity contribution in [2.24, 2.45) is 0 Å². The topological polar surface area (TPSA) is 24.5 Å². The lowest BCUT2D eigenvalue weighted by Gasteiger charge is -2.37. The number of hydrogen-bond acceptors (Lipinski definition) is 4. The molecular weight excluding hydrogens is 280 g/mol. The quantitative estimate of drug-likeness (QED) is 0.901. The second kappa shape index (κ2) is 7.03. The highest BCUT2D eigenvalue weighted by atomic mass is 32.2. The third-order valence-electron chi connectivity index (χ3n) is 4.78. The van der Waals surface area contributed by atoms with Gasteiger partial charge in [-0.25, -0.2) is 0 Å². The van der Waals surface area contributed by atoms with Gasteiger partial charge in [-0.05, 0) is 44.1 Å². The van der Waals surface area contributed by atoms with Crippen molar-refractivity contribution in [1.29, 1.82) is 0 Å². The molecule has 0 aromatic heterocycles. The molecule has 0 aliphatic carbocycles. The molecule has 2 heterocycles. The first-order valence-electron chi connectivity index (χ1n) is 7.98. The van der Waals surface area contributed by atoms with Crippen LogP contribution in [0.4, 0.5) is 0 Å². The highest BCUT2D eigenvalue weighted by Crippen LogP contribution is 2.27. The minimum Gasteiger partial charge on any atom is -0.493 e. The molecule has 0 radical (unpaired) electrons. The molecule has 1 saturated heterocycles. The van der Waals surface area contributed by atoms with E-state index >= 15 is 0 Å². The van der Waals surface area contributed by atoms with E-state index in [-0.39, 0.29) is 0 Å².